The molecule has 2 heterocycles. The number of nitrogens with one attached hydrogen (secondary N) is 2. The minimum absolute atomic E-state index is 0.122. The van der Waals surface area contributed by atoms with Crippen molar-refractivity contribution in [3.63, 3.8) is 0 Å². The average Bonchev–Trinajstić information content (AvgIpc) is 3.33. The Labute approximate surface area is 200 Å². The van der Waals surface area contributed by atoms with Gasteiger partial charge in [-0.05, 0) is 58.6 Å². The highest BCUT2D eigenvalue weighted by atomic mass is 32.2. The van der Waals surface area contributed by atoms with Crippen LogP contribution in [0.5, 0.6) is 0 Å². The number of aromatic amines is 1. The lowest BCUT2D eigenvalue weighted by atomic mass is 9.78. The van der Waals surface area contributed by atoms with Gasteiger partial charge < -0.3 is 5.32 Å². The molecule has 0 bridgehead atoms. The van der Waals surface area contributed by atoms with Gasteiger partial charge in [-0.2, -0.15) is 5.21 Å². The van der Waals surface area contributed by atoms with Crippen molar-refractivity contribution >= 4 is 10.0 Å². The van der Waals surface area contributed by atoms with E-state index in [-0.39, 0.29) is 10.7 Å². The zero-order valence-corrected chi connectivity index (χ0v) is 20.3. The lowest BCUT2D eigenvalue weighted by Gasteiger charge is -2.28. The first-order valence-electron chi connectivity index (χ1n) is 12.2. The normalized spacial score (nSPS) is 21.4. The van der Waals surface area contributed by atoms with Crippen molar-refractivity contribution in [2.45, 2.75) is 56.3 Å². The van der Waals surface area contributed by atoms with Crippen molar-refractivity contribution in [1.82, 2.24) is 25.9 Å². The molecule has 3 aromatic rings. The molecule has 1 saturated heterocycles. The predicted molar refractivity (Wildman–Crippen MR) is 131 cm³/mol. The lowest BCUT2D eigenvalue weighted by molar-refractivity contribution is 0.267. The number of nitrogens with zero attached hydrogens (tertiary/aromatic N) is 3. The third-order valence-corrected chi connectivity index (χ3v) is 8.65. The summed E-state index contributed by atoms with van der Waals surface area (Å²) < 4.78 is 25.9. The van der Waals surface area contributed by atoms with Gasteiger partial charge in [-0.1, -0.05) is 62.6 Å². The Morgan fingerprint density at radius 3 is 2.26 bits per heavy atom. The van der Waals surface area contributed by atoms with Gasteiger partial charge in [-0.15, -0.1) is 10.2 Å². The summed E-state index contributed by atoms with van der Waals surface area (Å²) in [5, 5.41) is 23.6. The summed E-state index contributed by atoms with van der Waals surface area (Å²) in [5.41, 5.74) is 4.07. The third kappa shape index (κ3) is 4.64. The molecule has 8 nitrogen and oxygen atoms in total. The number of H-pyrrole nitrogens is 1. The molecule has 1 aliphatic heterocycles. The van der Waals surface area contributed by atoms with Crippen LogP contribution < -0.4 is 10.5 Å². The van der Waals surface area contributed by atoms with Crippen LogP contribution in [0.3, 0.4) is 0 Å². The van der Waals surface area contributed by atoms with Gasteiger partial charge in [0.1, 0.15) is 0 Å². The number of rotatable bonds is 7. The van der Waals surface area contributed by atoms with E-state index in [1.807, 2.05) is 24.3 Å². The molecule has 180 valence electrons. The SMILES string of the molecule is CCC1CCC(Cc2ccc(-c3ccc(C4CNC4)cc3)c(-c3nn[nH]n3)c2S(N)(=O)=O)CC1. The van der Waals surface area contributed by atoms with E-state index in [2.05, 4.69) is 45.0 Å². The first-order valence-corrected chi connectivity index (χ1v) is 13.7. The number of tetrazole rings is 1. The molecule has 5 rings (SSSR count). The first kappa shape index (κ1) is 23.1. The molecule has 4 N–H and O–H groups in total. The number of benzene rings is 2. The van der Waals surface area contributed by atoms with E-state index in [1.165, 1.54) is 24.8 Å². The zero-order chi connectivity index (χ0) is 23.7. The van der Waals surface area contributed by atoms with E-state index in [4.69, 9.17) is 5.14 Å². The molecule has 1 aromatic heterocycles. The summed E-state index contributed by atoms with van der Waals surface area (Å²) in [5.74, 6) is 1.99. The smallest absolute Gasteiger partial charge is 0.239 e. The molecule has 9 heteroatoms. The molecule has 0 unspecified atom stereocenters. The monoisotopic (exact) mass is 480 g/mol. The minimum Gasteiger partial charge on any atom is -0.315 e. The molecule has 0 amide bonds. The maximum absolute atomic E-state index is 13.0. The number of nitrogens with two attached hydrogens (primary N) is 1. The highest BCUT2D eigenvalue weighted by molar-refractivity contribution is 7.89. The zero-order valence-electron chi connectivity index (χ0n) is 19.5. The van der Waals surface area contributed by atoms with Crippen LogP contribution in [0.15, 0.2) is 41.3 Å². The Morgan fingerprint density at radius 1 is 1.00 bits per heavy atom. The maximum atomic E-state index is 13.0. The van der Waals surface area contributed by atoms with Gasteiger partial charge in [0.25, 0.3) is 0 Å². The molecular weight excluding hydrogens is 448 g/mol. The molecular formula is C25H32N6O2S. The number of hydrogen-bond donors (Lipinski definition) is 3. The van der Waals surface area contributed by atoms with Crippen LogP contribution in [-0.2, 0) is 16.4 Å². The molecule has 1 saturated carbocycles. The summed E-state index contributed by atoms with van der Waals surface area (Å²) in [6.45, 7) is 4.21. The fourth-order valence-electron chi connectivity index (χ4n) is 5.46. The highest BCUT2D eigenvalue weighted by Crippen LogP contribution is 2.40. The molecule has 2 aliphatic rings. The van der Waals surface area contributed by atoms with Crippen LogP contribution in [0.1, 0.15) is 56.1 Å². The Balaban J connectivity index is 1.57. The Kier molecular flexibility index (Phi) is 6.50. The summed E-state index contributed by atoms with van der Waals surface area (Å²) >= 11 is 0. The number of primary sulfonamides is 1. The fourth-order valence-corrected chi connectivity index (χ4v) is 6.46. The summed E-state index contributed by atoms with van der Waals surface area (Å²) in [7, 11) is -4.03. The summed E-state index contributed by atoms with van der Waals surface area (Å²) in [6.07, 6.45) is 6.51. The minimum atomic E-state index is -4.03. The molecule has 2 fully saturated rings. The summed E-state index contributed by atoms with van der Waals surface area (Å²) in [4.78, 5) is 0.122. The van der Waals surface area contributed by atoms with Gasteiger partial charge in [-0.3, -0.25) is 0 Å². The predicted octanol–water partition coefficient (Wildman–Crippen LogP) is 3.63. The Morgan fingerprint density at radius 2 is 1.71 bits per heavy atom. The highest BCUT2D eigenvalue weighted by Gasteiger charge is 2.29. The second-order valence-corrected chi connectivity index (χ2v) is 11.2. The fraction of sp³-hybridized carbons (Fsp3) is 0.480. The van der Waals surface area contributed by atoms with Crippen LogP contribution in [0, 0.1) is 11.8 Å². The van der Waals surface area contributed by atoms with Gasteiger partial charge in [0.05, 0.1) is 10.5 Å². The molecule has 1 aliphatic carbocycles. The van der Waals surface area contributed by atoms with E-state index < -0.39 is 10.0 Å². The molecule has 34 heavy (non-hydrogen) atoms. The topological polar surface area (TPSA) is 127 Å². The van der Waals surface area contributed by atoms with Gasteiger partial charge >= 0.3 is 0 Å². The molecule has 0 spiro atoms. The van der Waals surface area contributed by atoms with E-state index in [0.29, 0.717) is 23.8 Å². The lowest BCUT2D eigenvalue weighted by Crippen LogP contribution is -2.39. The van der Waals surface area contributed by atoms with Gasteiger partial charge in [0, 0.05) is 19.0 Å². The van der Waals surface area contributed by atoms with Crippen molar-refractivity contribution in [3.05, 3.63) is 47.5 Å². The largest absolute Gasteiger partial charge is 0.315 e. The number of hydrogen-bond acceptors (Lipinski definition) is 6. The van der Waals surface area contributed by atoms with Crippen molar-refractivity contribution in [1.29, 1.82) is 0 Å². The molecule has 2 aromatic carbocycles. The van der Waals surface area contributed by atoms with Crippen molar-refractivity contribution in [3.8, 4) is 22.5 Å². The van der Waals surface area contributed by atoms with Gasteiger partial charge in [0.2, 0.25) is 15.8 Å². The second kappa shape index (κ2) is 9.56. The first-order chi connectivity index (χ1) is 16.4. The Hall–Kier alpha value is -2.62. The maximum Gasteiger partial charge on any atom is 0.239 e. The van der Waals surface area contributed by atoms with Crippen LogP contribution in [0.25, 0.3) is 22.5 Å². The van der Waals surface area contributed by atoms with E-state index in [1.54, 1.807) is 0 Å². The molecule has 0 atom stereocenters. The average molecular weight is 481 g/mol. The summed E-state index contributed by atoms with van der Waals surface area (Å²) in [6, 6.07) is 12.2. The second-order valence-electron chi connectivity index (χ2n) is 9.73. The van der Waals surface area contributed by atoms with E-state index in [9.17, 15) is 8.42 Å². The van der Waals surface area contributed by atoms with Gasteiger partial charge in [-0.25, -0.2) is 13.6 Å². The van der Waals surface area contributed by atoms with Crippen molar-refractivity contribution in [2.24, 2.45) is 17.0 Å². The third-order valence-electron chi connectivity index (χ3n) is 7.62. The molecule has 0 radical (unpaired) electrons. The number of aromatic nitrogens is 4. The quantitative estimate of drug-likeness (QED) is 0.474. The van der Waals surface area contributed by atoms with Crippen molar-refractivity contribution < 1.29 is 8.42 Å². The van der Waals surface area contributed by atoms with Gasteiger partial charge in [0.15, 0.2) is 0 Å². The number of sulfonamides is 1. The van der Waals surface area contributed by atoms with Crippen LogP contribution in [0.2, 0.25) is 0 Å². The van der Waals surface area contributed by atoms with E-state index in [0.717, 1.165) is 48.5 Å². The van der Waals surface area contributed by atoms with Crippen molar-refractivity contribution in [2.75, 3.05) is 13.1 Å². The van der Waals surface area contributed by atoms with E-state index >= 15 is 0 Å². The van der Waals surface area contributed by atoms with Crippen LogP contribution in [0.4, 0.5) is 0 Å². The van der Waals surface area contributed by atoms with Crippen LogP contribution >= 0.6 is 0 Å². The Bertz CT molecular complexity index is 1230. The van der Waals surface area contributed by atoms with Crippen LogP contribution in [-0.4, -0.2) is 42.1 Å². The standard InChI is InChI=1S/C25H32N6O2S/c1-2-16-3-5-17(6-4-16)13-20-11-12-22(19-9-7-18(8-10-19)21-14-27-15-21)23(24(20)34(26,32)33)25-28-30-31-29-25/h7-12,16-17,21,27H,2-6,13-15H2,1H3,(H2,26,32,33)(H,28,29,30,31).